The van der Waals surface area contributed by atoms with Gasteiger partial charge in [-0.3, -0.25) is 14.5 Å². The Kier molecular flexibility index (Phi) is 6.44. The van der Waals surface area contributed by atoms with Gasteiger partial charge in [0.15, 0.2) is 11.6 Å². The number of halogens is 2. The second kappa shape index (κ2) is 8.86. The molecule has 2 aromatic rings. The fourth-order valence-corrected chi connectivity index (χ4v) is 4.47. The molecule has 3 N–H and O–H groups in total. The Morgan fingerprint density at radius 2 is 1.60 bits per heavy atom. The quantitative estimate of drug-likeness (QED) is 0.699. The number of rotatable bonds is 6. The predicted octanol–water partition coefficient (Wildman–Crippen LogP) is 1.01. The second-order valence-corrected chi connectivity index (χ2v) is 8.68. The smallest absolute Gasteiger partial charge is 0.248 e. The molecule has 30 heavy (non-hydrogen) atoms. The van der Waals surface area contributed by atoms with E-state index in [9.17, 15) is 26.8 Å². The van der Waals surface area contributed by atoms with Gasteiger partial charge in [-0.25, -0.2) is 17.2 Å². The zero-order valence-corrected chi connectivity index (χ0v) is 16.7. The summed E-state index contributed by atoms with van der Waals surface area (Å²) in [6.45, 7) is 0.883. The first-order chi connectivity index (χ1) is 14.2. The van der Waals surface area contributed by atoms with Gasteiger partial charge in [0, 0.05) is 37.4 Å². The van der Waals surface area contributed by atoms with E-state index in [1.54, 1.807) is 17.0 Å². The van der Waals surface area contributed by atoms with Gasteiger partial charge >= 0.3 is 0 Å². The van der Waals surface area contributed by atoms with Crippen LogP contribution in [0.3, 0.4) is 0 Å². The normalized spacial score (nSPS) is 15.7. The van der Waals surface area contributed by atoms with Crippen LogP contribution in [0.15, 0.2) is 47.4 Å². The molecule has 1 aliphatic heterocycles. The highest BCUT2D eigenvalue weighted by atomic mass is 32.2. The third-order valence-corrected chi connectivity index (χ3v) is 6.58. The summed E-state index contributed by atoms with van der Waals surface area (Å²) in [4.78, 5) is 24.7. The van der Waals surface area contributed by atoms with Crippen LogP contribution >= 0.6 is 0 Å². The van der Waals surface area contributed by atoms with Crippen molar-refractivity contribution in [3.05, 3.63) is 59.7 Å². The third-order valence-electron chi connectivity index (χ3n) is 4.68. The third kappa shape index (κ3) is 4.99. The summed E-state index contributed by atoms with van der Waals surface area (Å²) in [5.41, 5.74) is 6.00. The Morgan fingerprint density at radius 1 is 0.967 bits per heavy atom. The van der Waals surface area contributed by atoms with Crippen LogP contribution in [0.2, 0.25) is 0 Å². The van der Waals surface area contributed by atoms with Crippen LogP contribution in [0, 0.1) is 11.6 Å². The van der Waals surface area contributed by atoms with Gasteiger partial charge in [0.25, 0.3) is 0 Å². The van der Waals surface area contributed by atoms with Crippen LogP contribution in [0.5, 0.6) is 0 Å². The van der Waals surface area contributed by atoms with E-state index in [-0.39, 0.29) is 30.4 Å². The van der Waals surface area contributed by atoms with Crippen molar-refractivity contribution in [2.75, 3.05) is 38.0 Å². The summed E-state index contributed by atoms with van der Waals surface area (Å²) in [7, 11) is -3.95. The first-order valence-corrected chi connectivity index (χ1v) is 10.5. The maximum absolute atomic E-state index is 13.4. The Bertz CT molecular complexity index is 1050. The zero-order valence-electron chi connectivity index (χ0n) is 15.8. The Hall–Kier alpha value is -2.89. The number of primary amides is 1. The zero-order chi connectivity index (χ0) is 21.9. The van der Waals surface area contributed by atoms with Crippen LogP contribution in [-0.4, -0.2) is 62.2 Å². The van der Waals surface area contributed by atoms with E-state index in [4.69, 9.17) is 5.73 Å². The lowest BCUT2D eigenvalue weighted by atomic mass is 10.2. The summed E-state index contributed by atoms with van der Waals surface area (Å²) in [6.07, 6.45) is 0. The number of hydrogen-bond donors (Lipinski definition) is 2. The molecule has 1 fully saturated rings. The first-order valence-electron chi connectivity index (χ1n) is 9.04. The van der Waals surface area contributed by atoms with E-state index < -0.39 is 27.6 Å². The summed E-state index contributed by atoms with van der Waals surface area (Å²) in [6, 6.07) is 8.58. The minimum absolute atomic E-state index is 0.0522. The minimum atomic E-state index is -3.95. The number of hydrogen-bond acceptors (Lipinski definition) is 5. The Morgan fingerprint density at radius 3 is 2.17 bits per heavy atom. The lowest BCUT2D eigenvalue weighted by molar-refractivity contribution is -0.117. The molecule has 3 rings (SSSR count). The van der Waals surface area contributed by atoms with Crippen LogP contribution in [0.25, 0.3) is 0 Å². The molecular weight excluding hydrogens is 418 g/mol. The van der Waals surface area contributed by atoms with E-state index >= 15 is 0 Å². The average Bonchev–Trinajstić information content (AvgIpc) is 2.70. The molecule has 1 heterocycles. The second-order valence-electron chi connectivity index (χ2n) is 6.75. The van der Waals surface area contributed by atoms with E-state index in [1.165, 1.54) is 16.4 Å². The summed E-state index contributed by atoms with van der Waals surface area (Å²) in [5, 5.41) is 2.69. The van der Waals surface area contributed by atoms with Crippen molar-refractivity contribution >= 4 is 27.5 Å². The van der Waals surface area contributed by atoms with Gasteiger partial charge in [-0.1, -0.05) is 0 Å². The van der Waals surface area contributed by atoms with Crippen molar-refractivity contribution in [1.82, 2.24) is 9.21 Å². The van der Waals surface area contributed by atoms with E-state index in [2.05, 4.69) is 5.32 Å². The van der Waals surface area contributed by atoms with Gasteiger partial charge in [-0.05, 0) is 42.5 Å². The van der Waals surface area contributed by atoms with Crippen LogP contribution < -0.4 is 11.1 Å². The van der Waals surface area contributed by atoms with Crippen molar-refractivity contribution in [2.45, 2.75) is 4.90 Å². The van der Waals surface area contributed by atoms with Gasteiger partial charge in [0.05, 0.1) is 11.4 Å². The van der Waals surface area contributed by atoms with Crippen LogP contribution in [0.4, 0.5) is 14.5 Å². The number of amides is 2. The van der Waals surface area contributed by atoms with Crippen LogP contribution in [-0.2, 0) is 14.8 Å². The molecule has 0 unspecified atom stereocenters. The highest BCUT2D eigenvalue weighted by Crippen LogP contribution is 2.20. The summed E-state index contributed by atoms with van der Waals surface area (Å²) in [5.74, 6) is -3.20. The molecule has 1 aliphatic rings. The molecular formula is C19H20F2N4O4S. The van der Waals surface area contributed by atoms with E-state index in [0.717, 1.165) is 12.1 Å². The molecule has 0 aliphatic carbocycles. The van der Waals surface area contributed by atoms with Crippen molar-refractivity contribution in [3.63, 3.8) is 0 Å². The maximum Gasteiger partial charge on any atom is 0.248 e. The maximum atomic E-state index is 13.4. The Labute approximate surface area is 172 Å². The highest BCUT2D eigenvalue weighted by molar-refractivity contribution is 7.89. The van der Waals surface area contributed by atoms with Crippen molar-refractivity contribution in [1.29, 1.82) is 0 Å². The number of carbonyl (C=O) groups is 2. The molecule has 0 radical (unpaired) electrons. The number of piperazine rings is 1. The predicted molar refractivity (Wildman–Crippen MR) is 105 cm³/mol. The van der Waals surface area contributed by atoms with E-state index in [0.29, 0.717) is 30.4 Å². The fourth-order valence-electron chi connectivity index (χ4n) is 3.04. The molecule has 0 bridgehead atoms. The SMILES string of the molecule is NC(=O)c1ccc(NC(=O)CN2CCN(S(=O)(=O)c3ccc(F)c(F)c3)CC2)cc1. The van der Waals surface area contributed by atoms with Crippen molar-refractivity contribution < 1.29 is 26.8 Å². The van der Waals surface area contributed by atoms with Gasteiger partial charge in [-0.2, -0.15) is 4.31 Å². The van der Waals surface area contributed by atoms with Gasteiger partial charge in [-0.15, -0.1) is 0 Å². The van der Waals surface area contributed by atoms with E-state index in [1.807, 2.05) is 0 Å². The highest BCUT2D eigenvalue weighted by Gasteiger charge is 2.29. The number of nitrogens with one attached hydrogen (secondary N) is 1. The molecule has 2 aromatic carbocycles. The summed E-state index contributed by atoms with van der Waals surface area (Å²) < 4.78 is 52.8. The first kappa shape index (κ1) is 21.8. The van der Waals surface area contributed by atoms with Gasteiger partial charge in [0.2, 0.25) is 21.8 Å². The molecule has 0 atom stereocenters. The van der Waals surface area contributed by atoms with Crippen LogP contribution in [0.1, 0.15) is 10.4 Å². The lowest BCUT2D eigenvalue weighted by Crippen LogP contribution is -2.50. The molecule has 8 nitrogen and oxygen atoms in total. The molecule has 160 valence electrons. The molecule has 2 amide bonds. The number of sulfonamides is 1. The molecule has 0 spiro atoms. The number of benzene rings is 2. The monoisotopic (exact) mass is 438 g/mol. The topological polar surface area (TPSA) is 113 Å². The standard InChI is InChI=1S/C19H20F2N4O4S/c20-16-6-5-15(11-17(16)21)30(28,29)25-9-7-24(8-10-25)12-18(26)23-14-3-1-13(2-4-14)19(22)27/h1-6,11H,7-10,12H2,(H2,22,27)(H,23,26). The largest absolute Gasteiger partial charge is 0.366 e. The number of nitrogens with two attached hydrogens (primary N) is 1. The number of anilines is 1. The summed E-state index contributed by atoms with van der Waals surface area (Å²) >= 11 is 0. The number of carbonyl (C=O) groups excluding carboxylic acids is 2. The lowest BCUT2D eigenvalue weighted by Gasteiger charge is -2.33. The van der Waals surface area contributed by atoms with Gasteiger partial charge < -0.3 is 11.1 Å². The molecule has 0 saturated carbocycles. The minimum Gasteiger partial charge on any atom is -0.366 e. The number of nitrogens with zero attached hydrogens (tertiary/aromatic N) is 2. The average molecular weight is 438 g/mol. The molecule has 1 saturated heterocycles. The van der Waals surface area contributed by atoms with Crippen molar-refractivity contribution in [2.24, 2.45) is 5.73 Å². The van der Waals surface area contributed by atoms with Crippen molar-refractivity contribution in [3.8, 4) is 0 Å². The fraction of sp³-hybridized carbons (Fsp3) is 0.263. The Balaban J connectivity index is 1.54. The van der Waals surface area contributed by atoms with Gasteiger partial charge in [0.1, 0.15) is 0 Å². The molecule has 11 heteroatoms. The molecule has 0 aromatic heterocycles.